The number of ether oxygens (including phenoxy) is 2. The van der Waals surface area contributed by atoms with Gasteiger partial charge in [0.2, 0.25) is 0 Å². The molecule has 1 N–H and O–H groups in total. The maximum Gasteiger partial charge on any atom is 0.330 e. The van der Waals surface area contributed by atoms with Crippen molar-refractivity contribution in [3.8, 4) is 0 Å². The van der Waals surface area contributed by atoms with Crippen LogP contribution in [-0.4, -0.2) is 34.0 Å². The van der Waals surface area contributed by atoms with Crippen molar-refractivity contribution < 1.29 is 9.47 Å². The molecule has 6 nitrogen and oxygen atoms in total. The van der Waals surface area contributed by atoms with Crippen molar-refractivity contribution >= 4 is 11.8 Å². The monoisotopic (exact) mass is 454 g/mol. The van der Waals surface area contributed by atoms with E-state index in [0.29, 0.717) is 12.4 Å². The molecule has 0 amide bonds. The van der Waals surface area contributed by atoms with E-state index in [1.165, 1.54) is 100 Å². The van der Waals surface area contributed by atoms with E-state index in [1.54, 1.807) is 11.8 Å². The zero-order valence-electron chi connectivity index (χ0n) is 19.3. The first-order valence-corrected chi connectivity index (χ1v) is 13.4. The van der Waals surface area contributed by atoms with Crippen LogP contribution in [0.1, 0.15) is 103 Å². The van der Waals surface area contributed by atoms with Gasteiger partial charge in [-0.25, -0.2) is 4.79 Å². The van der Waals surface area contributed by atoms with E-state index in [0.717, 1.165) is 13.0 Å². The van der Waals surface area contributed by atoms with Gasteiger partial charge in [0.25, 0.3) is 5.56 Å². The second-order valence-corrected chi connectivity index (χ2v) is 9.73. The average Bonchev–Trinajstić information content (AvgIpc) is 3.22. The molecule has 178 valence electrons. The largest absolute Gasteiger partial charge is 0.378 e. The lowest BCUT2D eigenvalue weighted by molar-refractivity contribution is -0.0252. The SMILES string of the molecule is CCCCCCCCCCCCCCCCOC[C@@H]1O[C@H](n2ccc(=O)[nH]c2=O)CS1. The molecule has 31 heavy (non-hydrogen) atoms. The van der Waals surface area contributed by atoms with Gasteiger partial charge < -0.3 is 9.47 Å². The van der Waals surface area contributed by atoms with Crippen molar-refractivity contribution in [2.24, 2.45) is 0 Å². The number of unbranched alkanes of at least 4 members (excludes halogenated alkanes) is 13. The van der Waals surface area contributed by atoms with Crippen LogP contribution in [0.2, 0.25) is 0 Å². The smallest absolute Gasteiger partial charge is 0.330 e. The molecule has 2 atom stereocenters. The molecule has 7 heteroatoms. The van der Waals surface area contributed by atoms with Crippen molar-refractivity contribution in [2.75, 3.05) is 19.0 Å². The van der Waals surface area contributed by atoms with Crippen LogP contribution in [0.4, 0.5) is 0 Å². The van der Waals surface area contributed by atoms with E-state index in [-0.39, 0.29) is 17.2 Å². The molecule has 2 heterocycles. The Labute approximate surface area is 191 Å². The predicted octanol–water partition coefficient (Wildman–Crippen LogP) is 5.62. The fourth-order valence-electron chi connectivity index (χ4n) is 3.91. The number of hydrogen-bond donors (Lipinski definition) is 1. The summed E-state index contributed by atoms with van der Waals surface area (Å²) in [6.07, 6.45) is 20.1. The highest BCUT2D eigenvalue weighted by molar-refractivity contribution is 8.00. The summed E-state index contributed by atoms with van der Waals surface area (Å²) in [7, 11) is 0. The fraction of sp³-hybridized carbons (Fsp3) is 0.833. The molecule has 0 aromatic carbocycles. The molecule has 1 aliphatic heterocycles. The van der Waals surface area contributed by atoms with Crippen LogP contribution in [0, 0.1) is 0 Å². The lowest BCUT2D eigenvalue weighted by Crippen LogP contribution is -2.32. The number of nitrogens with zero attached hydrogens (tertiary/aromatic N) is 1. The molecular formula is C24H42N2O4S. The first kappa shape index (κ1) is 26.2. The fourth-order valence-corrected chi connectivity index (χ4v) is 4.93. The molecule has 0 spiro atoms. The molecule has 2 rings (SSSR count). The Balaban J connectivity index is 1.36. The standard InChI is InChI=1S/C24H42N2O4S/c1-2-3-4-5-6-7-8-9-10-11-12-13-14-15-18-29-19-23-30-22(20-31-23)26-17-16-21(27)25-24(26)28/h16-17,22-23H,2-15,18-20H2,1H3,(H,25,27,28)/t22-,23+/m0/s1. The van der Waals surface area contributed by atoms with Crippen LogP contribution in [-0.2, 0) is 9.47 Å². The summed E-state index contributed by atoms with van der Waals surface area (Å²) >= 11 is 1.65. The summed E-state index contributed by atoms with van der Waals surface area (Å²) < 4.78 is 13.1. The highest BCUT2D eigenvalue weighted by Crippen LogP contribution is 2.30. The van der Waals surface area contributed by atoms with Gasteiger partial charge >= 0.3 is 5.69 Å². The molecular weight excluding hydrogens is 412 g/mol. The molecule has 1 saturated heterocycles. The minimum Gasteiger partial charge on any atom is -0.378 e. The Morgan fingerprint density at radius 2 is 1.55 bits per heavy atom. The number of aromatic amines is 1. The summed E-state index contributed by atoms with van der Waals surface area (Å²) in [6, 6.07) is 1.34. The zero-order chi connectivity index (χ0) is 22.2. The Morgan fingerprint density at radius 3 is 2.13 bits per heavy atom. The van der Waals surface area contributed by atoms with Gasteiger partial charge in [-0.05, 0) is 6.42 Å². The van der Waals surface area contributed by atoms with E-state index in [2.05, 4.69) is 11.9 Å². The second kappa shape index (κ2) is 16.6. The molecule has 1 fully saturated rings. The maximum atomic E-state index is 11.8. The normalized spacial score (nSPS) is 18.6. The van der Waals surface area contributed by atoms with Crippen LogP contribution < -0.4 is 11.2 Å². The predicted molar refractivity (Wildman–Crippen MR) is 129 cm³/mol. The van der Waals surface area contributed by atoms with Gasteiger partial charge in [0.05, 0.1) is 6.61 Å². The summed E-state index contributed by atoms with van der Waals surface area (Å²) in [5, 5.41) is 0. The average molecular weight is 455 g/mol. The van der Waals surface area contributed by atoms with Crippen LogP contribution in [0.15, 0.2) is 21.9 Å². The molecule has 1 aliphatic rings. The van der Waals surface area contributed by atoms with E-state index in [4.69, 9.17) is 9.47 Å². The Bertz CT molecular complexity index is 691. The molecule has 0 aliphatic carbocycles. The highest BCUT2D eigenvalue weighted by atomic mass is 32.2. The summed E-state index contributed by atoms with van der Waals surface area (Å²) in [4.78, 5) is 25.3. The Kier molecular flexibility index (Phi) is 14.0. The van der Waals surface area contributed by atoms with Gasteiger partial charge in [-0.1, -0.05) is 90.4 Å². The minimum absolute atomic E-state index is 0.0597. The van der Waals surface area contributed by atoms with Crippen molar-refractivity contribution in [1.82, 2.24) is 9.55 Å². The Morgan fingerprint density at radius 1 is 0.968 bits per heavy atom. The second-order valence-electron chi connectivity index (χ2n) is 8.54. The van der Waals surface area contributed by atoms with Crippen LogP contribution in [0.3, 0.4) is 0 Å². The number of nitrogens with one attached hydrogen (secondary N) is 1. The van der Waals surface area contributed by atoms with Crippen LogP contribution in [0.25, 0.3) is 0 Å². The number of H-pyrrole nitrogens is 1. The topological polar surface area (TPSA) is 73.3 Å². The van der Waals surface area contributed by atoms with E-state index in [9.17, 15) is 9.59 Å². The molecule has 0 radical (unpaired) electrons. The van der Waals surface area contributed by atoms with E-state index in [1.807, 2.05) is 0 Å². The highest BCUT2D eigenvalue weighted by Gasteiger charge is 2.27. The van der Waals surface area contributed by atoms with Crippen molar-refractivity contribution in [3.05, 3.63) is 33.1 Å². The first-order chi connectivity index (χ1) is 15.2. The van der Waals surface area contributed by atoms with Crippen LogP contribution >= 0.6 is 11.8 Å². The quantitative estimate of drug-likeness (QED) is 0.291. The minimum atomic E-state index is -0.429. The summed E-state index contributed by atoms with van der Waals surface area (Å²) in [5.41, 5.74) is -0.877. The summed E-state index contributed by atoms with van der Waals surface area (Å²) in [6.45, 7) is 3.58. The van der Waals surface area contributed by atoms with Gasteiger partial charge in [-0.3, -0.25) is 14.3 Å². The molecule has 0 unspecified atom stereocenters. The van der Waals surface area contributed by atoms with Crippen molar-refractivity contribution in [2.45, 2.75) is 108 Å². The lowest BCUT2D eigenvalue weighted by atomic mass is 10.0. The lowest BCUT2D eigenvalue weighted by Gasteiger charge is -2.14. The summed E-state index contributed by atoms with van der Waals surface area (Å²) in [5.74, 6) is 0.679. The molecule has 1 aromatic rings. The number of thioether (sulfide) groups is 1. The van der Waals surface area contributed by atoms with Gasteiger partial charge in [-0.15, -0.1) is 11.8 Å². The van der Waals surface area contributed by atoms with Gasteiger partial charge in [-0.2, -0.15) is 0 Å². The number of rotatable bonds is 18. The number of aromatic nitrogens is 2. The van der Waals surface area contributed by atoms with Crippen molar-refractivity contribution in [3.63, 3.8) is 0 Å². The third-order valence-electron chi connectivity index (χ3n) is 5.79. The third-order valence-corrected chi connectivity index (χ3v) is 6.89. The molecule has 0 bridgehead atoms. The third kappa shape index (κ3) is 11.4. The molecule has 0 saturated carbocycles. The van der Waals surface area contributed by atoms with Crippen molar-refractivity contribution in [1.29, 1.82) is 0 Å². The first-order valence-electron chi connectivity index (χ1n) is 12.4. The van der Waals surface area contributed by atoms with Gasteiger partial charge in [0.1, 0.15) is 11.7 Å². The maximum absolute atomic E-state index is 11.8. The van der Waals surface area contributed by atoms with Crippen LogP contribution in [0.5, 0.6) is 0 Å². The Hall–Kier alpha value is -1.05. The van der Waals surface area contributed by atoms with Gasteiger partial charge in [0.15, 0.2) is 0 Å². The van der Waals surface area contributed by atoms with E-state index >= 15 is 0 Å². The number of hydrogen-bond acceptors (Lipinski definition) is 5. The van der Waals surface area contributed by atoms with Gasteiger partial charge in [0, 0.05) is 24.6 Å². The van der Waals surface area contributed by atoms with E-state index < -0.39 is 5.69 Å². The zero-order valence-corrected chi connectivity index (χ0v) is 20.1. The molecule has 1 aromatic heterocycles.